The lowest BCUT2D eigenvalue weighted by atomic mass is 9.90. The van der Waals surface area contributed by atoms with E-state index in [1.54, 1.807) is 0 Å². The van der Waals surface area contributed by atoms with Crippen LogP contribution in [0.5, 0.6) is 0 Å². The molecule has 0 radical (unpaired) electrons. The smallest absolute Gasteiger partial charge is 0.254 e. The molecule has 148 valence electrons. The number of hydrogen-bond donors (Lipinski definition) is 0. The van der Waals surface area contributed by atoms with Crippen LogP contribution < -0.4 is 0 Å². The molecule has 4 rings (SSSR count). The van der Waals surface area contributed by atoms with Gasteiger partial charge in [0.25, 0.3) is 5.91 Å². The zero-order chi connectivity index (χ0) is 19.7. The first-order valence-electron chi connectivity index (χ1n) is 10.2. The SMILES string of the molecule is Cc1ccc(CN2COC3(CCN(C(=O)c4cccc(C)c4C)CC3)C2)cc1. The third kappa shape index (κ3) is 3.85. The molecule has 2 aromatic rings. The Morgan fingerprint density at radius 3 is 2.46 bits per heavy atom. The van der Waals surface area contributed by atoms with Crippen molar-refractivity contribution in [2.75, 3.05) is 26.4 Å². The Kier molecular flexibility index (Phi) is 5.26. The van der Waals surface area contributed by atoms with Crippen molar-refractivity contribution in [3.63, 3.8) is 0 Å². The second kappa shape index (κ2) is 7.69. The van der Waals surface area contributed by atoms with Gasteiger partial charge in [-0.25, -0.2) is 0 Å². The Labute approximate surface area is 168 Å². The predicted molar refractivity (Wildman–Crippen MR) is 111 cm³/mol. The Bertz CT molecular complexity index is 851. The molecule has 4 heteroatoms. The van der Waals surface area contributed by atoms with E-state index in [0.29, 0.717) is 6.73 Å². The molecule has 28 heavy (non-hydrogen) atoms. The Morgan fingerprint density at radius 1 is 1.04 bits per heavy atom. The molecule has 2 fully saturated rings. The van der Waals surface area contributed by atoms with Crippen LogP contribution >= 0.6 is 0 Å². The summed E-state index contributed by atoms with van der Waals surface area (Å²) in [6, 6.07) is 14.7. The van der Waals surface area contributed by atoms with Crippen molar-refractivity contribution in [3.8, 4) is 0 Å². The summed E-state index contributed by atoms with van der Waals surface area (Å²) >= 11 is 0. The highest BCUT2D eigenvalue weighted by Gasteiger charge is 2.42. The highest BCUT2D eigenvalue weighted by Crippen LogP contribution is 2.33. The number of piperidine rings is 1. The zero-order valence-corrected chi connectivity index (χ0v) is 17.2. The van der Waals surface area contributed by atoms with E-state index >= 15 is 0 Å². The number of rotatable bonds is 3. The van der Waals surface area contributed by atoms with E-state index in [1.165, 1.54) is 16.7 Å². The number of aryl methyl sites for hydroxylation is 2. The van der Waals surface area contributed by atoms with Crippen LogP contribution in [-0.2, 0) is 11.3 Å². The molecule has 0 unspecified atom stereocenters. The summed E-state index contributed by atoms with van der Waals surface area (Å²) in [6.07, 6.45) is 1.82. The van der Waals surface area contributed by atoms with Crippen LogP contribution in [-0.4, -0.2) is 47.7 Å². The predicted octanol–water partition coefficient (Wildman–Crippen LogP) is 4.08. The van der Waals surface area contributed by atoms with Crippen LogP contribution in [0.15, 0.2) is 42.5 Å². The molecule has 0 atom stereocenters. The second-order valence-electron chi connectivity index (χ2n) is 8.47. The third-order valence-electron chi connectivity index (χ3n) is 6.39. The summed E-state index contributed by atoms with van der Waals surface area (Å²) in [5.41, 5.74) is 5.62. The zero-order valence-electron chi connectivity index (χ0n) is 17.2. The summed E-state index contributed by atoms with van der Waals surface area (Å²) in [5, 5.41) is 0. The molecule has 2 aliphatic rings. The van der Waals surface area contributed by atoms with Gasteiger partial charge in [-0.05, 0) is 56.4 Å². The van der Waals surface area contributed by atoms with E-state index in [2.05, 4.69) is 49.1 Å². The molecule has 0 aromatic heterocycles. The lowest BCUT2D eigenvalue weighted by Crippen LogP contribution is -2.48. The van der Waals surface area contributed by atoms with Gasteiger partial charge in [-0.3, -0.25) is 9.69 Å². The Hall–Kier alpha value is -2.17. The summed E-state index contributed by atoms with van der Waals surface area (Å²) in [4.78, 5) is 17.4. The van der Waals surface area contributed by atoms with Crippen LogP contribution in [0, 0.1) is 20.8 Å². The van der Waals surface area contributed by atoms with Crippen LogP contribution in [0.1, 0.15) is 45.5 Å². The largest absolute Gasteiger partial charge is 0.358 e. The first-order chi connectivity index (χ1) is 13.5. The van der Waals surface area contributed by atoms with Crippen molar-refractivity contribution in [3.05, 3.63) is 70.3 Å². The molecule has 0 aliphatic carbocycles. The number of benzene rings is 2. The van der Waals surface area contributed by atoms with Gasteiger partial charge in [0.2, 0.25) is 0 Å². The fourth-order valence-electron chi connectivity index (χ4n) is 4.35. The molecular formula is C24H30N2O2. The maximum atomic E-state index is 13.0. The Morgan fingerprint density at radius 2 is 1.75 bits per heavy atom. The summed E-state index contributed by atoms with van der Waals surface area (Å²) in [6.45, 7) is 10.3. The molecule has 4 nitrogen and oxygen atoms in total. The first kappa shape index (κ1) is 19.2. The van der Waals surface area contributed by atoms with E-state index in [0.717, 1.165) is 50.1 Å². The third-order valence-corrected chi connectivity index (χ3v) is 6.39. The number of nitrogens with zero attached hydrogens (tertiary/aromatic N) is 2. The summed E-state index contributed by atoms with van der Waals surface area (Å²) in [7, 11) is 0. The van der Waals surface area contributed by atoms with Crippen molar-refractivity contribution in [1.82, 2.24) is 9.80 Å². The summed E-state index contributed by atoms with van der Waals surface area (Å²) in [5.74, 6) is 0.158. The average Bonchev–Trinajstić information content (AvgIpc) is 3.08. The highest BCUT2D eigenvalue weighted by molar-refractivity contribution is 5.96. The molecule has 0 saturated carbocycles. The van der Waals surface area contributed by atoms with Gasteiger partial charge in [-0.2, -0.15) is 0 Å². The van der Waals surface area contributed by atoms with E-state index < -0.39 is 0 Å². The van der Waals surface area contributed by atoms with Gasteiger partial charge in [-0.15, -0.1) is 0 Å². The number of amides is 1. The van der Waals surface area contributed by atoms with Crippen molar-refractivity contribution < 1.29 is 9.53 Å². The van der Waals surface area contributed by atoms with Gasteiger partial charge in [0, 0.05) is 31.7 Å². The van der Waals surface area contributed by atoms with Gasteiger partial charge in [0.05, 0.1) is 5.60 Å². The van der Waals surface area contributed by atoms with Crippen LogP contribution in [0.3, 0.4) is 0 Å². The van der Waals surface area contributed by atoms with Crippen molar-refractivity contribution in [2.45, 2.75) is 45.8 Å². The number of hydrogen-bond acceptors (Lipinski definition) is 3. The fourth-order valence-corrected chi connectivity index (χ4v) is 4.35. The van der Waals surface area contributed by atoms with Gasteiger partial charge >= 0.3 is 0 Å². The van der Waals surface area contributed by atoms with E-state index in [4.69, 9.17) is 4.74 Å². The monoisotopic (exact) mass is 378 g/mol. The van der Waals surface area contributed by atoms with Gasteiger partial charge in [-0.1, -0.05) is 42.0 Å². The maximum Gasteiger partial charge on any atom is 0.254 e. The van der Waals surface area contributed by atoms with Gasteiger partial charge in [0.1, 0.15) is 6.73 Å². The number of likely N-dealkylation sites (tertiary alicyclic amines) is 1. The minimum absolute atomic E-state index is 0.0941. The molecule has 1 amide bonds. The van der Waals surface area contributed by atoms with Crippen molar-refractivity contribution in [1.29, 1.82) is 0 Å². The Balaban J connectivity index is 1.35. The number of carbonyl (C=O) groups excluding carboxylic acids is 1. The lowest BCUT2D eigenvalue weighted by molar-refractivity contribution is -0.0352. The van der Waals surface area contributed by atoms with Gasteiger partial charge < -0.3 is 9.64 Å². The minimum atomic E-state index is -0.0941. The average molecular weight is 379 g/mol. The number of carbonyl (C=O) groups is 1. The first-order valence-corrected chi connectivity index (χ1v) is 10.2. The standard InChI is InChI=1S/C24H30N2O2/c1-18-7-9-21(10-8-18)15-25-16-24(28-17-25)11-13-26(14-12-24)23(27)22-6-4-5-19(2)20(22)3/h4-10H,11-17H2,1-3H3. The van der Waals surface area contributed by atoms with Crippen molar-refractivity contribution in [2.24, 2.45) is 0 Å². The molecule has 2 heterocycles. The molecule has 2 aliphatic heterocycles. The minimum Gasteiger partial charge on any atom is -0.358 e. The normalized spacial score (nSPS) is 19.3. The lowest BCUT2D eigenvalue weighted by Gasteiger charge is -2.38. The molecule has 0 bridgehead atoms. The second-order valence-corrected chi connectivity index (χ2v) is 8.47. The molecule has 2 aromatic carbocycles. The molecular weight excluding hydrogens is 348 g/mol. The van der Waals surface area contributed by atoms with Crippen LogP contribution in [0.25, 0.3) is 0 Å². The highest BCUT2D eigenvalue weighted by atomic mass is 16.5. The topological polar surface area (TPSA) is 32.8 Å². The summed E-state index contributed by atoms with van der Waals surface area (Å²) < 4.78 is 6.25. The van der Waals surface area contributed by atoms with Crippen LogP contribution in [0.2, 0.25) is 0 Å². The van der Waals surface area contributed by atoms with E-state index in [1.807, 2.05) is 24.0 Å². The van der Waals surface area contributed by atoms with E-state index in [-0.39, 0.29) is 11.5 Å². The molecule has 1 spiro atoms. The fraction of sp³-hybridized carbons (Fsp3) is 0.458. The van der Waals surface area contributed by atoms with Gasteiger partial charge in [0.15, 0.2) is 0 Å². The molecule has 0 N–H and O–H groups in total. The van der Waals surface area contributed by atoms with Crippen molar-refractivity contribution >= 4 is 5.91 Å². The van der Waals surface area contributed by atoms with Crippen LogP contribution in [0.4, 0.5) is 0 Å². The van der Waals surface area contributed by atoms with E-state index in [9.17, 15) is 4.79 Å². The molecule has 2 saturated heterocycles. The maximum absolute atomic E-state index is 13.0. The number of ether oxygens (including phenoxy) is 1. The quantitative estimate of drug-likeness (QED) is 0.807.